The molecule has 0 aliphatic heterocycles. The van der Waals surface area contributed by atoms with E-state index >= 15 is 0 Å². The molecule has 2 nitrogen and oxygen atoms in total. The average Bonchev–Trinajstić information content (AvgIpc) is 2.29. The number of allylic oxidation sites excluding steroid dienone is 1. The highest BCUT2D eigenvalue weighted by molar-refractivity contribution is 5.96. The fourth-order valence-corrected chi connectivity index (χ4v) is 2.38. The zero-order valence-electron chi connectivity index (χ0n) is 10.3. The molecule has 0 aromatic rings. The number of hydrogen-bond donors (Lipinski definition) is 1. The molecule has 0 aromatic heterocycles. The van der Waals surface area contributed by atoms with Crippen LogP contribution in [0.5, 0.6) is 0 Å². The van der Waals surface area contributed by atoms with Crippen LogP contribution in [0, 0.1) is 5.92 Å². The lowest BCUT2D eigenvalue weighted by Gasteiger charge is -2.16. The van der Waals surface area contributed by atoms with Crippen LogP contribution < -0.4 is 5.73 Å². The molecular formula is C14H25NO. The van der Waals surface area contributed by atoms with Gasteiger partial charge >= 0.3 is 0 Å². The Morgan fingerprint density at radius 2 is 1.62 bits per heavy atom. The molecule has 1 saturated carbocycles. The summed E-state index contributed by atoms with van der Waals surface area (Å²) >= 11 is 0. The van der Waals surface area contributed by atoms with Crippen LogP contribution >= 0.6 is 0 Å². The zero-order chi connectivity index (χ0) is 11.8. The van der Waals surface area contributed by atoms with Crippen molar-refractivity contribution in [1.82, 2.24) is 0 Å². The van der Waals surface area contributed by atoms with Gasteiger partial charge < -0.3 is 5.73 Å². The first-order valence-corrected chi connectivity index (χ1v) is 6.67. The molecule has 2 heteroatoms. The second kappa shape index (κ2) is 7.61. The maximum absolute atomic E-state index is 12.0. The second-order valence-electron chi connectivity index (χ2n) is 4.91. The van der Waals surface area contributed by atoms with E-state index in [1.807, 2.05) is 0 Å². The lowest BCUT2D eigenvalue weighted by molar-refractivity contribution is -0.119. The molecule has 0 spiro atoms. The molecule has 1 fully saturated rings. The Bertz CT molecular complexity index is 235. The van der Waals surface area contributed by atoms with Crippen molar-refractivity contribution in [2.45, 2.75) is 57.8 Å². The standard InChI is InChI=1S/C14H25NO/c1-12-9-7-5-3-2-4-6-8-10-13(11-15)14(12)16/h13H,1-11,15H2. The minimum Gasteiger partial charge on any atom is -0.330 e. The molecule has 2 N–H and O–H groups in total. The maximum Gasteiger partial charge on any atom is 0.162 e. The molecular weight excluding hydrogens is 198 g/mol. The Labute approximate surface area is 99.3 Å². The summed E-state index contributed by atoms with van der Waals surface area (Å²) < 4.78 is 0. The summed E-state index contributed by atoms with van der Waals surface area (Å²) in [6.45, 7) is 4.40. The van der Waals surface area contributed by atoms with Gasteiger partial charge in [-0.15, -0.1) is 0 Å². The lowest BCUT2D eigenvalue weighted by Crippen LogP contribution is -2.25. The predicted molar refractivity (Wildman–Crippen MR) is 68.2 cm³/mol. The lowest BCUT2D eigenvalue weighted by atomic mass is 9.89. The van der Waals surface area contributed by atoms with E-state index in [0.29, 0.717) is 6.54 Å². The highest BCUT2D eigenvalue weighted by Crippen LogP contribution is 2.20. The summed E-state index contributed by atoms with van der Waals surface area (Å²) in [5.74, 6) is 0.259. The van der Waals surface area contributed by atoms with Gasteiger partial charge in [0.1, 0.15) is 0 Å². The van der Waals surface area contributed by atoms with Crippen molar-refractivity contribution in [2.75, 3.05) is 6.54 Å². The van der Waals surface area contributed by atoms with E-state index in [2.05, 4.69) is 6.58 Å². The molecule has 16 heavy (non-hydrogen) atoms. The van der Waals surface area contributed by atoms with Crippen LogP contribution in [0.4, 0.5) is 0 Å². The topological polar surface area (TPSA) is 43.1 Å². The fourth-order valence-electron chi connectivity index (χ4n) is 2.38. The number of ketones is 1. The minimum absolute atomic E-state index is 0.0342. The van der Waals surface area contributed by atoms with Gasteiger partial charge in [0, 0.05) is 12.5 Å². The summed E-state index contributed by atoms with van der Waals surface area (Å²) in [6, 6.07) is 0. The van der Waals surface area contributed by atoms with E-state index in [-0.39, 0.29) is 11.7 Å². The molecule has 0 saturated heterocycles. The van der Waals surface area contributed by atoms with E-state index in [4.69, 9.17) is 5.73 Å². The zero-order valence-corrected chi connectivity index (χ0v) is 10.3. The molecule has 0 bridgehead atoms. The SMILES string of the molecule is C=C1CCCCCCCCCC(CN)C1=O. The molecule has 1 aliphatic rings. The van der Waals surface area contributed by atoms with Crippen molar-refractivity contribution in [1.29, 1.82) is 0 Å². The number of rotatable bonds is 1. The highest BCUT2D eigenvalue weighted by atomic mass is 16.1. The van der Waals surface area contributed by atoms with Crippen LogP contribution in [0.1, 0.15) is 57.8 Å². The van der Waals surface area contributed by atoms with Gasteiger partial charge in [0.05, 0.1) is 0 Å². The van der Waals surface area contributed by atoms with Crippen LogP contribution in [-0.2, 0) is 4.79 Å². The van der Waals surface area contributed by atoms with Gasteiger partial charge in [0.2, 0.25) is 0 Å². The van der Waals surface area contributed by atoms with E-state index < -0.39 is 0 Å². The number of carbonyl (C=O) groups excluding carboxylic acids is 1. The van der Waals surface area contributed by atoms with E-state index in [1.54, 1.807) is 0 Å². The van der Waals surface area contributed by atoms with Gasteiger partial charge in [-0.05, 0) is 24.8 Å². The molecule has 0 aromatic carbocycles. The monoisotopic (exact) mass is 223 g/mol. The molecule has 92 valence electrons. The van der Waals surface area contributed by atoms with Gasteiger partial charge in [0.15, 0.2) is 5.78 Å². The summed E-state index contributed by atoms with van der Waals surface area (Å²) in [5.41, 5.74) is 6.48. The van der Waals surface area contributed by atoms with Crippen LogP contribution in [0.2, 0.25) is 0 Å². The van der Waals surface area contributed by atoms with Crippen molar-refractivity contribution in [3.8, 4) is 0 Å². The average molecular weight is 223 g/mol. The molecule has 0 heterocycles. The summed E-state index contributed by atoms with van der Waals surface area (Å²) in [6.07, 6.45) is 10.5. The summed E-state index contributed by atoms with van der Waals surface area (Å²) in [4.78, 5) is 12.0. The second-order valence-corrected chi connectivity index (χ2v) is 4.91. The number of carbonyl (C=O) groups is 1. The van der Waals surface area contributed by atoms with E-state index in [1.165, 1.54) is 32.1 Å². The third-order valence-electron chi connectivity index (χ3n) is 3.53. The minimum atomic E-state index is 0.0342. The van der Waals surface area contributed by atoms with Gasteiger partial charge in [-0.25, -0.2) is 0 Å². The molecule has 0 radical (unpaired) electrons. The maximum atomic E-state index is 12.0. The number of hydrogen-bond acceptors (Lipinski definition) is 2. The van der Waals surface area contributed by atoms with Crippen molar-refractivity contribution in [2.24, 2.45) is 11.7 Å². The van der Waals surface area contributed by atoms with Crippen LogP contribution in [-0.4, -0.2) is 12.3 Å². The summed E-state index contributed by atoms with van der Waals surface area (Å²) in [5, 5.41) is 0. The first-order chi connectivity index (χ1) is 7.75. The highest BCUT2D eigenvalue weighted by Gasteiger charge is 2.19. The van der Waals surface area contributed by atoms with Crippen molar-refractivity contribution >= 4 is 5.78 Å². The normalized spacial score (nSPS) is 25.9. The molecule has 1 atom stereocenters. The van der Waals surface area contributed by atoms with Crippen molar-refractivity contribution in [3.05, 3.63) is 12.2 Å². The molecule has 0 amide bonds. The van der Waals surface area contributed by atoms with Gasteiger partial charge in [0.25, 0.3) is 0 Å². The van der Waals surface area contributed by atoms with Gasteiger partial charge in [-0.2, -0.15) is 0 Å². The largest absolute Gasteiger partial charge is 0.330 e. The molecule has 1 rings (SSSR count). The van der Waals surface area contributed by atoms with Crippen LogP contribution in [0.15, 0.2) is 12.2 Å². The van der Waals surface area contributed by atoms with Crippen molar-refractivity contribution in [3.63, 3.8) is 0 Å². The fraction of sp³-hybridized carbons (Fsp3) is 0.786. The van der Waals surface area contributed by atoms with Crippen molar-refractivity contribution < 1.29 is 4.79 Å². The smallest absolute Gasteiger partial charge is 0.162 e. The quantitative estimate of drug-likeness (QED) is 0.694. The van der Waals surface area contributed by atoms with Crippen LogP contribution in [0.25, 0.3) is 0 Å². The Morgan fingerprint density at radius 1 is 1.06 bits per heavy atom. The van der Waals surface area contributed by atoms with E-state index in [9.17, 15) is 4.79 Å². The molecule has 1 aliphatic carbocycles. The number of Topliss-reactive ketones (excluding diaryl/α,β-unsaturated/α-hetero) is 1. The van der Waals surface area contributed by atoms with E-state index in [0.717, 1.165) is 31.3 Å². The number of nitrogens with two attached hydrogens (primary N) is 1. The third-order valence-corrected chi connectivity index (χ3v) is 3.53. The Hall–Kier alpha value is -0.630. The Kier molecular flexibility index (Phi) is 6.39. The van der Waals surface area contributed by atoms with Crippen LogP contribution in [0.3, 0.4) is 0 Å². The predicted octanol–water partition coefficient (Wildman–Crippen LogP) is 3.21. The van der Waals surface area contributed by atoms with Gasteiger partial charge in [-0.3, -0.25) is 4.79 Å². The first kappa shape index (κ1) is 13.4. The third kappa shape index (κ3) is 4.48. The molecule has 1 unspecified atom stereocenters. The summed E-state index contributed by atoms with van der Waals surface area (Å²) in [7, 11) is 0. The first-order valence-electron chi connectivity index (χ1n) is 6.67. The Balaban J connectivity index is 2.51. The van der Waals surface area contributed by atoms with Gasteiger partial charge in [-0.1, -0.05) is 45.1 Å². The Morgan fingerprint density at radius 3 is 2.25 bits per heavy atom.